The van der Waals surface area contributed by atoms with Gasteiger partial charge in [0.15, 0.2) is 0 Å². The van der Waals surface area contributed by atoms with E-state index >= 15 is 0 Å². The molecule has 0 heterocycles. The van der Waals surface area contributed by atoms with E-state index in [0.717, 1.165) is 16.9 Å². The third-order valence-corrected chi connectivity index (χ3v) is 4.01. The van der Waals surface area contributed by atoms with Crippen molar-refractivity contribution in [1.29, 1.82) is 0 Å². The van der Waals surface area contributed by atoms with E-state index in [-0.39, 0.29) is 6.04 Å². The Hall–Kier alpha value is -1.26. The Labute approximate surface area is 128 Å². The number of hydrogen-bond donors (Lipinski definition) is 2. The van der Waals surface area contributed by atoms with Crippen molar-refractivity contribution in [2.45, 2.75) is 12.5 Å². The van der Waals surface area contributed by atoms with Crippen LogP contribution in [0.5, 0.6) is 5.75 Å². The molecule has 0 aliphatic heterocycles. The van der Waals surface area contributed by atoms with Gasteiger partial charge in [-0.15, -0.1) is 0 Å². The molecule has 2 rings (SSSR count). The third kappa shape index (κ3) is 3.25. The Morgan fingerprint density at radius 2 is 1.90 bits per heavy atom. The van der Waals surface area contributed by atoms with Gasteiger partial charge in [0.2, 0.25) is 0 Å². The molecule has 0 aliphatic rings. The van der Waals surface area contributed by atoms with Crippen LogP contribution in [0.2, 0.25) is 10.0 Å². The standard InChI is InChI=1S/C15H16Cl2N2O/c1-20-14-8-3-2-5-10(14)9-13(19-18)11-6-4-7-12(16)15(11)17/h2-8,13,19H,9,18H2,1H3. The second-order valence-electron chi connectivity index (χ2n) is 4.38. The highest BCUT2D eigenvalue weighted by Crippen LogP contribution is 2.32. The smallest absolute Gasteiger partial charge is 0.122 e. The Kier molecular flexibility index (Phi) is 5.26. The minimum Gasteiger partial charge on any atom is -0.496 e. The Bertz CT molecular complexity index is 590. The van der Waals surface area contributed by atoms with E-state index in [0.29, 0.717) is 16.5 Å². The largest absolute Gasteiger partial charge is 0.496 e. The third-order valence-electron chi connectivity index (χ3n) is 3.17. The summed E-state index contributed by atoms with van der Waals surface area (Å²) in [4.78, 5) is 0. The Morgan fingerprint density at radius 3 is 2.60 bits per heavy atom. The molecule has 0 amide bonds. The van der Waals surface area contributed by atoms with Gasteiger partial charge in [0, 0.05) is 0 Å². The first-order valence-electron chi connectivity index (χ1n) is 6.19. The quantitative estimate of drug-likeness (QED) is 0.653. The molecule has 0 aromatic heterocycles. The second kappa shape index (κ2) is 6.95. The molecule has 3 N–H and O–H groups in total. The number of rotatable bonds is 5. The zero-order valence-electron chi connectivity index (χ0n) is 11.1. The molecule has 106 valence electrons. The fourth-order valence-corrected chi connectivity index (χ4v) is 2.58. The summed E-state index contributed by atoms with van der Waals surface area (Å²) in [6.45, 7) is 0. The minimum absolute atomic E-state index is 0.141. The maximum atomic E-state index is 6.25. The molecular formula is C15H16Cl2N2O. The van der Waals surface area contributed by atoms with E-state index in [9.17, 15) is 0 Å². The van der Waals surface area contributed by atoms with Crippen molar-refractivity contribution in [3.8, 4) is 5.75 Å². The molecule has 0 spiro atoms. The summed E-state index contributed by atoms with van der Waals surface area (Å²) >= 11 is 12.3. The number of methoxy groups -OCH3 is 1. The molecule has 5 heteroatoms. The summed E-state index contributed by atoms with van der Waals surface area (Å²) < 4.78 is 5.35. The van der Waals surface area contributed by atoms with E-state index < -0.39 is 0 Å². The van der Waals surface area contributed by atoms with Crippen molar-refractivity contribution in [3.05, 3.63) is 63.6 Å². The summed E-state index contributed by atoms with van der Waals surface area (Å²) in [7, 11) is 1.65. The average molecular weight is 311 g/mol. The summed E-state index contributed by atoms with van der Waals surface area (Å²) in [5.74, 6) is 6.50. The molecule has 1 unspecified atom stereocenters. The van der Waals surface area contributed by atoms with Crippen molar-refractivity contribution in [1.82, 2.24) is 5.43 Å². The van der Waals surface area contributed by atoms with Gasteiger partial charge in [-0.3, -0.25) is 11.3 Å². The highest BCUT2D eigenvalue weighted by Gasteiger charge is 2.17. The van der Waals surface area contributed by atoms with Crippen LogP contribution in [-0.2, 0) is 6.42 Å². The number of benzene rings is 2. The summed E-state index contributed by atoms with van der Waals surface area (Å²) in [5.41, 5.74) is 4.71. The lowest BCUT2D eigenvalue weighted by molar-refractivity contribution is 0.405. The van der Waals surface area contributed by atoms with Crippen LogP contribution in [0.1, 0.15) is 17.2 Å². The fourth-order valence-electron chi connectivity index (χ4n) is 2.14. The topological polar surface area (TPSA) is 47.3 Å². The number of nitrogens with two attached hydrogens (primary N) is 1. The highest BCUT2D eigenvalue weighted by molar-refractivity contribution is 6.42. The molecule has 1 atom stereocenters. The maximum absolute atomic E-state index is 6.25. The number of halogens is 2. The molecule has 0 bridgehead atoms. The maximum Gasteiger partial charge on any atom is 0.122 e. The molecule has 0 fully saturated rings. The van der Waals surface area contributed by atoms with Crippen molar-refractivity contribution in [3.63, 3.8) is 0 Å². The van der Waals surface area contributed by atoms with Crippen molar-refractivity contribution in [2.24, 2.45) is 5.84 Å². The zero-order chi connectivity index (χ0) is 14.5. The lowest BCUT2D eigenvalue weighted by atomic mass is 9.98. The molecule has 0 saturated heterocycles. The van der Waals surface area contributed by atoms with Gasteiger partial charge in [-0.1, -0.05) is 53.5 Å². The molecule has 0 radical (unpaired) electrons. The van der Waals surface area contributed by atoms with Gasteiger partial charge in [0.25, 0.3) is 0 Å². The molecular weight excluding hydrogens is 295 g/mol. The monoisotopic (exact) mass is 310 g/mol. The van der Waals surface area contributed by atoms with Gasteiger partial charge in [-0.25, -0.2) is 0 Å². The first kappa shape index (κ1) is 15.1. The van der Waals surface area contributed by atoms with Crippen LogP contribution in [0.4, 0.5) is 0 Å². The normalized spacial score (nSPS) is 12.2. The van der Waals surface area contributed by atoms with E-state index in [2.05, 4.69) is 5.43 Å². The van der Waals surface area contributed by atoms with Crippen molar-refractivity contribution in [2.75, 3.05) is 7.11 Å². The molecule has 2 aromatic carbocycles. The van der Waals surface area contributed by atoms with Crippen LogP contribution < -0.4 is 16.0 Å². The predicted octanol–water partition coefficient (Wildman–Crippen LogP) is 3.75. The van der Waals surface area contributed by atoms with Gasteiger partial charge >= 0.3 is 0 Å². The fraction of sp³-hybridized carbons (Fsp3) is 0.200. The van der Waals surface area contributed by atoms with Crippen LogP contribution >= 0.6 is 23.2 Å². The van der Waals surface area contributed by atoms with E-state index in [4.69, 9.17) is 33.8 Å². The number of hydrazine groups is 1. The highest BCUT2D eigenvalue weighted by atomic mass is 35.5. The van der Waals surface area contributed by atoms with Gasteiger partial charge in [-0.2, -0.15) is 0 Å². The lowest BCUT2D eigenvalue weighted by Gasteiger charge is -2.19. The summed E-state index contributed by atoms with van der Waals surface area (Å²) in [5, 5.41) is 1.04. The molecule has 3 nitrogen and oxygen atoms in total. The average Bonchev–Trinajstić information content (AvgIpc) is 2.48. The second-order valence-corrected chi connectivity index (χ2v) is 5.16. The van der Waals surface area contributed by atoms with E-state index in [1.165, 1.54) is 0 Å². The molecule has 0 saturated carbocycles. The van der Waals surface area contributed by atoms with E-state index in [1.54, 1.807) is 13.2 Å². The predicted molar refractivity (Wildman–Crippen MR) is 83.2 cm³/mol. The van der Waals surface area contributed by atoms with Crippen LogP contribution in [0.3, 0.4) is 0 Å². The summed E-state index contributed by atoms with van der Waals surface area (Å²) in [6, 6.07) is 13.2. The summed E-state index contributed by atoms with van der Waals surface area (Å²) in [6.07, 6.45) is 0.653. The van der Waals surface area contributed by atoms with Crippen LogP contribution in [-0.4, -0.2) is 7.11 Å². The van der Waals surface area contributed by atoms with E-state index in [1.807, 2.05) is 36.4 Å². The zero-order valence-corrected chi connectivity index (χ0v) is 12.6. The van der Waals surface area contributed by atoms with Crippen LogP contribution in [0, 0.1) is 0 Å². The number of hydrogen-bond acceptors (Lipinski definition) is 3. The van der Waals surface area contributed by atoms with Gasteiger partial charge < -0.3 is 4.74 Å². The first-order valence-corrected chi connectivity index (χ1v) is 6.95. The Morgan fingerprint density at radius 1 is 1.15 bits per heavy atom. The number of ether oxygens (including phenoxy) is 1. The number of nitrogens with one attached hydrogen (secondary N) is 1. The molecule has 2 aromatic rings. The van der Waals surface area contributed by atoms with Crippen LogP contribution in [0.25, 0.3) is 0 Å². The SMILES string of the molecule is COc1ccccc1CC(NN)c1cccc(Cl)c1Cl. The Balaban J connectivity index is 2.31. The van der Waals surface area contributed by atoms with Gasteiger partial charge in [0.1, 0.15) is 5.75 Å². The van der Waals surface area contributed by atoms with Crippen molar-refractivity contribution < 1.29 is 4.74 Å². The van der Waals surface area contributed by atoms with Crippen molar-refractivity contribution >= 4 is 23.2 Å². The van der Waals surface area contributed by atoms with Gasteiger partial charge in [-0.05, 0) is 29.7 Å². The minimum atomic E-state index is -0.141. The molecule has 0 aliphatic carbocycles. The lowest BCUT2D eigenvalue weighted by Crippen LogP contribution is -2.30. The van der Waals surface area contributed by atoms with Gasteiger partial charge in [0.05, 0.1) is 23.2 Å². The number of para-hydroxylation sites is 1. The molecule has 20 heavy (non-hydrogen) atoms. The van der Waals surface area contributed by atoms with Crippen LogP contribution in [0.15, 0.2) is 42.5 Å². The first-order chi connectivity index (χ1) is 9.67.